The van der Waals surface area contributed by atoms with Gasteiger partial charge in [0.25, 0.3) is 0 Å². The van der Waals surface area contributed by atoms with E-state index in [2.05, 4.69) is 242 Å². The highest BCUT2D eigenvalue weighted by Gasteiger charge is 2.19. The van der Waals surface area contributed by atoms with Crippen molar-refractivity contribution in [2.75, 3.05) is 11.4 Å². The second kappa shape index (κ2) is 18.1. The van der Waals surface area contributed by atoms with Crippen LogP contribution in [0.25, 0.3) is 55.7 Å². The lowest BCUT2D eigenvalue weighted by Gasteiger charge is -2.27. The van der Waals surface area contributed by atoms with Crippen LogP contribution in [0.4, 0.5) is 11.4 Å². The molecular formula is C59H49N. The lowest BCUT2D eigenvalue weighted by molar-refractivity contribution is 1.06. The molecule has 0 saturated carbocycles. The molecule has 0 unspecified atom stereocenters. The Morgan fingerprint density at radius 2 is 1.02 bits per heavy atom. The molecule has 0 saturated heterocycles. The van der Waals surface area contributed by atoms with E-state index in [0.717, 1.165) is 30.6 Å². The van der Waals surface area contributed by atoms with E-state index in [1.54, 1.807) is 0 Å². The summed E-state index contributed by atoms with van der Waals surface area (Å²) >= 11 is 0. The van der Waals surface area contributed by atoms with Crippen molar-refractivity contribution in [1.82, 2.24) is 0 Å². The monoisotopic (exact) mass is 771 g/mol. The van der Waals surface area contributed by atoms with E-state index in [-0.39, 0.29) is 0 Å². The number of allylic oxidation sites excluding steroid dienone is 11. The first-order valence-corrected chi connectivity index (χ1v) is 21.1. The first-order chi connectivity index (χ1) is 29.7. The minimum Gasteiger partial charge on any atom is -0.338 e. The molecule has 0 spiro atoms. The van der Waals surface area contributed by atoms with Crippen molar-refractivity contribution in [2.45, 2.75) is 26.2 Å². The maximum Gasteiger partial charge on any atom is 0.0420 e. The third kappa shape index (κ3) is 8.77. The van der Waals surface area contributed by atoms with E-state index >= 15 is 0 Å². The summed E-state index contributed by atoms with van der Waals surface area (Å²) in [7, 11) is 0. The molecule has 7 aromatic carbocycles. The number of anilines is 2. The maximum absolute atomic E-state index is 2.47. The van der Waals surface area contributed by atoms with E-state index in [1.165, 1.54) is 77.9 Å². The number of rotatable bonds is 11. The zero-order chi connectivity index (χ0) is 40.5. The minimum absolute atomic E-state index is 0.709. The van der Waals surface area contributed by atoms with E-state index in [1.807, 2.05) is 0 Å². The van der Waals surface area contributed by atoms with Gasteiger partial charge in [0, 0.05) is 17.9 Å². The van der Waals surface area contributed by atoms with Gasteiger partial charge in [0.2, 0.25) is 0 Å². The summed E-state index contributed by atoms with van der Waals surface area (Å²) in [6, 6.07) is 64.3. The smallest absolute Gasteiger partial charge is 0.0420 e. The quantitative estimate of drug-likeness (QED) is 0.127. The van der Waals surface area contributed by atoms with Gasteiger partial charge in [-0.05, 0) is 123 Å². The highest BCUT2D eigenvalue weighted by molar-refractivity contribution is 5.90. The Bertz CT molecular complexity index is 2780. The number of benzene rings is 7. The van der Waals surface area contributed by atoms with Crippen molar-refractivity contribution in [3.8, 4) is 44.5 Å². The predicted octanol–water partition coefficient (Wildman–Crippen LogP) is 16.1. The molecule has 2 aliphatic carbocycles. The van der Waals surface area contributed by atoms with Crippen molar-refractivity contribution in [3.63, 3.8) is 0 Å². The zero-order valence-electron chi connectivity index (χ0n) is 34.2. The third-order valence-corrected chi connectivity index (χ3v) is 11.6. The van der Waals surface area contributed by atoms with E-state index < -0.39 is 0 Å². The maximum atomic E-state index is 2.47. The van der Waals surface area contributed by atoms with Crippen molar-refractivity contribution >= 4 is 22.5 Å². The molecule has 0 heterocycles. The van der Waals surface area contributed by atoms with Crippen LogP contribution in [0.1, 0.15) is 36.0 Å². The summed E-state index contributed by atoms with van der Waals surface area (Å²) in [5.74, 6) is 0. The van der Waals surface area contributed by atoms with Crippen LogP contribution in [0.5, 0.6) is 0 Å². The molecule has 0 N–H and O–H groups in total. The molecule has 0 fully saturated rings. The van der Waals surface area contributed by atoms with Gasteiger partial charge in [0.05, 0.1) is 0 Å². The average Bonchev–Trinajstić information content (AvgIpc) is 3.32. The molecule has 0 amide bonds. The Kier molecular flexibility index (Phi) is 11.6. The fourth-order valence-electron chi connectivity index (χ4n) is 8.43. The Balaban J connectivity index is 1.16. The normalized spacial score (nSPS) is 14.3. The number of hydrogen-bond donors (Lipinski definition) is 0. The second-order valence-electron chi connectivity index (χ2n) is 15.7. The lowest BCUT2D eigenvalue weighted by atomic mass is 9.86. The Morgan fingerprint density at radius 3 is 1.63 bits per heavy atom. The van der Waals surface area contributed by atoms with E-state index in [9.17, 15) is 0 Å². The van der Waals surface area contributed by atoms with Gasteiger partial charge in [0.1, 0.15) is 0 Å². The van der Waals surface area contributed by atoms with Gasteiger partial charge >= 0.3 is 0 Å². The molecule has 0 atom stereocenters. The third-order valence-electron chi connectivity index (χ3n) is 11.6. The van der Waals surface area contributed by atoms with Gasteiger partial charge in [-0.15, -0.1) is 0 Å². The topological polar surface area (TPSA) is 3.24 Å². The first kappa shape index (κ1) is 38.3. The number of aryl methyl sites for hydroxylation is 1. The molecule has 7 aromatic rings. The molecule has 0 bridgehead atoms. The van der Waals surface area contributed by atoms with Gasteiger partial charge < -0.3 is 4.90 Å². The summed E-state index contributed by atoms with van der Waals surface area (Å²) in [4.78, 5) is 2.47. The molecule has 0 aromatic heterocycles. The van der Waals surface area contributed by atoms with Crippen LogP contribution < -0.4 is 4.90 Å². The second-order valence-corrected chi connectivity index (χ2v) is 15.7. The highest BCUT2D eigenvalue weighted by Crippen LogP contribution is 2.42. The lowest BCUT2D eigenvalue weighted by Crippen LogP contribution is -2.17. The molecule has 0 aliphatic heterocycles. The molecule has 0 radical (unpaired) electrons. The van der Waals surface area contributed by atoms with Crippen LogP contribution in [0.15, 0.2) is 236 Å². The molecule has 60 heavy (non-hydrogen) atoms. The van der Waals surface area contributed by atoms with Gasteiger partial charge in [-0.1, -0.05) is 212 Å². The fourth-order valence-corrected chi connectivity index (χ4v) is 8.43. The van der Waals surface area contributed by atoms with Crippen molar-refractivity contribution in [2.24, 2.45) is 0 Å². The molecule has 1 heteroatoms. The summed E-state index contributed by atoms with van der Waals surface area (Å²) in [6.45, 7) is 2.88. The van der Waals surface area contributed by atoms with Gasteiger partial charge in [-0.2, -0.15) is 0 Å². The fraction of sp³-hybridized carbons (Fsp3) is 0.0847. The van der Waals surface area contributed by atoms with E-state index in [4.69, 9.17) is 0 Å². The Morgan fingerprint density at radius 1 is 0.467 bits per heavy atom. The Labute approximate surface area is 356 Å². The van der Waals surface area contributed by atoms with Crippen LogP contribution in [0, 0.1) is 6.92 Å². The summed E-state index contributed by atoms with van der Waals surface area (Å²) in [5, 5.41) is 0. The van der Waals surface area contributed by atoms with Gasteiger partial charge in [-0.3, -0.25) is 0 Å². The largest absolute Gasteiger partial charge is 0.338 e. The van der Waals surface area contributed by atoms with Crippen LogP contribution in [-0.2, 0) is 0 Å². The number of nitrogens with zero attached hydrogens (tertiary/aromatic N) is 1. The summed E-state index contributed by atoms with van der Waals surface area (Å²) in [5.41, 5.74) is 20.0. The SMILES string of the molecule is Cc1cccc(C2=CC=C(c3cc(N(C/C=C\C=C4\C=CC=CC4)c4ccc(-c5ccccc5)c(-c5ccc(-c6ccccc6)cc5)c4)ccc3-c3ccccc3)CC2)c1. The predicted molar refractivity (Wildman–Crippen MR) is 258 cm³/mol. The van der Waals surface area contributed by atoms with Crippen LogP contribution in [0.2, 0.25) is 0 Å². The first-order valence-electron chi connectivity index (χ1n) is 21.1. The molecule has 2 aliphatic rings. The molecule has 1 nitrogen and oxygen atoms in total. The highest BCUT2D eigenvalue weighted by atomic mass is 15.1. The van der Waals surface area contributed by atoms with Crippen molar-refractivity contribution < 1.29 is 0 Å². The van der Waals surface area contributed by atoms with Crippen molar-refractivity contribution in [1.29, 1.82) is 0 Å². The number of hydrogen-bond acceptors (Lipinski definition) is 1. The Hall–Kier alpha value is -7.22. The minimum atomic E-state index is 0.709. The summed E-state index contributed by atoms with van der Waals surface area (Å²) < 4.78 is 0. The van der Waals surface area contributed by atoms with E-state index in [0.29, 0.717) is 6.54 Å². The standard InChI is InChI=1S/C59H49N/c1-44-17-16-27-53(41-44)48-30-34-52(35-31-48)59-43-55(37-39-57(59)50-25-12-5-13-26-50)60(40-15-14-20-45-18-6-2-7-19-45)54-36-38-56(49-23-10-4-11-24-49)58(42-54)51-32-28-47(29-33-51)46-21-8-3-9-22-46/h2-18,20-30,32-34,36-39,41-43H,19,31,35,40H2,1H3/b15-14-,45-20-. The average molecular weight is 772 g/mol. The van der Waals surface area contributed by atoms with Crippen LogP contribution in [0.3, 0.4) is 0 Å². The molecular weight excluding hydrogens is 723 g/mol. The molecule has 9 rings (SSSR count). The molecule has 290 valence electrons. The van der Waals surface area contributed by atoms with Crippen LogP contribution >= 0.6 is 0 Å². The van der Waals surface area contributed by atoms with Gasteiger partial charge in [0.15, 0.2) is 0 Å². The van der Waals surface area contributed by atoms with Crippen molar-refractivity contribution in [3.05, 3.63) is 253 Å². The summed E-state index contributed by atoms with van der Waals surface area (Å²) in [6.07, 6.45) is 23.0. The van der Waals surface area contributed by atoms with Crippen LogP contribution in [-0.4, -0.2) is 6.54 Å². The zero-order valence-corrected chi connectivity index (χ0v) is 34.2. The van der Waals surface area contributed by atoms with Gasteiger partial charge in [-0.25, -0.2) is 0 Å².